The second kappa shape index (κ2) is 7.07. The summed E-state index contributed by atoms with van der Waals surface area (Å²) in [6, 6.07) is 8.07. The second-order valence-corrected chi connectivity index (χ2v) is 4.39. The van der Waals surface area contributed by atoms with Crippen molar-refractivity contribution in [2.75, 3.05) is 6.54 Å². The van der Waals surface area contributed by atoms with Crippen molar-refractivity contribution in [2.45, 2.75) is 39.2 Å². The van der Waals surface area contributed by atoms with E-state index < -0.39 is 0 Å². The zero-order chi connectivity index (χ0) is 12.7. The van der Waals surface area contributed by atoms with E-state index >= 15 is 0 Å². The minimum Gasteiger partial charge on any atom is -0.352 e. The first-order valence-electron chi connectivity index (χ1n) is 6.21. The number of hydrogen-bond donors (Lipinski definition) is 2. The van der Waals surface area contributed by atoms with E-state index in [2.05, 4.69) is 12.2 Å². The van der Waals surface area contributed by atoms with Gasteiger partial charge in [-0.05, 0) is 24.5 Å². The van der Waals surface area contributed by atoms with E-state index in [1.165, 1.54) is 0 Å². The summed E-state index contributed by atoms with van der Waals surface area (Å²) in [6.45, 7) is 4.62. The molecule has 0 aliphatic rings. The summed E-state index contributed by atoms with van der Waals surface area (Å²) in [5, 5.41) is 2.98. The van der Waals surface area contributed by atoms with Gasteiger partial charge < -0.3 is 11.1 Å². The highest BCUT2D eigenvalue weighted by Gasteiger charge is 2.10. The van der Waals surface area contributed by atoms with E-state index in [4.69, 9.17) is 5.73 Å². The maximum absolute atomic E-state index is 11.8. The standard InChI is InChI=1S/C14H22N2O/c1-3-6-13(10-15)16-14(17)9-12-8-5-4-7-11(12)2/h4-5,7-8,13H,3,6,9-10,15H2,1-2H3,(H,16,17). The third-order valence-electron chi connectivity index (χ3n) is 2.90. The maximum atomic E-state index is 11.8. The van der Waals surface area contributed by atoms with Crippen LogP contribution in [0.25, 0.3) is 0 Å². The van der Waals surface area contributed by atoms with Crippen LogP contribution in [0.3, 0.4) is 0 Å². The fourth-order valence-corrected chi connectivity index (χ4v) is 1.86. The Morgan fingerprint density at radius 3 is 2.71 bits per heavy atom. The molecule has 94 valence electrons. The first-order chi connectivity index (χ1) is 8.17. The molecule has 0 aliphatic heterocycles. The van der Waals surface area contributed by atoms with Crippen molar-refractivity contribution < 1.29 is 4.79 Å². The van der Waals surface area contributed by atoms with Crippen LogP contribution in [-0.2, 0) is 11.2 Å². The molecule has 1 unspecified atom stereocenters. The monoisotopic (exact) mass is 234 g/mol. The second-order valence-electron chi connectivity index (χ2n) is 4.39. The first-order valence-corrected chi connectivity index (χ1v) is 6.21. The number of carbonyl (C=O) groups is 1. The molecule has 1 aromatic carbocycles. The third kappa shape index (κ3) is 4.57. The zero-order valence-electron chi connectivity index (χ0n) is 10.7. The fraction of sp³-hybridized carbons (Fsp3) is 0.500. The van der Waals surface area contributed by atoms with Crippen LogP contribution in [0.4, 0.5) is 0 Å². The molecule has 1 aromatic rings. The Bertz CT molecular complexity index is 363. The highest BCUT2D eigenvalue weighted by atomic mass is 16.1. The van der Waals surface area contributed by atoms with Gasteiger partial charge in [0.05, 0.1) is 6.42 Å². The van der Waals surface area contributed by atoms with Crippen molar-refractivity contribution >= 4 is 5.91 Å². The maximum Gasteiger partial charge on any atom is 0.224 e. The summed E-state index contributed by atoms with van der Waals surface area (Å²) >= 11 is 0. The Kier molecular flexibility index (Phi) is 5.70. The predicted molar refractivity (Wildman–Crippen MR) is 70.8 cm³/mol. The minimum atomic E-state index is 0.0585. The van der Waals surface area contributed by atoms with Gasteiger partial charge in [0.25, 0.3) is 0 Å². The smallest absolute Gasteiger partial charge is 0.224 e. The van der Waals surface area contributed by atoms with Gasteiger partial charge in [0.15, 0.2) is 0 Å². The lowest BCUT2D eigenvalue weighted by atomic mass is 10.1. The summed E-state index contributed by atoms with van der Waals surface area (Å²) in [7, 11) is 0. The Labute approximate surface area is 103 Å². The number of aryl methyl sites for hydroxylation is 1. The van der Waals surface area contributed by atoms with Crippen molar-refractivity contribution in [3.63, 3.8) is 0 Å². The van der Waals surface area contributed by atoms with Crippen molar-refractivity contribution in [2.24, 2.45) is 5.73 Å². The lowest BCUT2D eigenvalue weighted by Crippen LogP contribution is -2.40. The highest BCUT2D eigenvalue weighted by Crippen LogP contribution is 2.07. The fourth-order valence-electron chi connectivity index (χ4n) is 1.86. The first kappa shape index (κ1) is 13.7. The van der Waals surface area contributed by atoms with Gasteiger partial charge in [-0.15, -0.1) is 0 Å². The van der Waals surface area contributed by atoms with E-state index in [0.717, 1.165) is 24.0 Å². The van der Waals surface area contributed by atoms with Crippen molar-refractivity contribution in [1.82, 2.24) is 5.32 Å². The molecule has 0 spiro atoms. The molecule has 1 rings (SSSR count). The van der Waals surface area contributed by atoms with Crippen LogP contribution in [-0.4, -0.2) is 18.5 Å². The molecule has 3 N–H and O–H groups in total. The van der Waals surface area contributed by atoms with Crippen molar-refractivity contribution in [1.29, 1.82) is 0 Å². The highest BCUT2D eigenvalue weighted by molar-refractivity contribution is 5.79. The molecule has 0 saturated heterocycles. The molecule has 0 saturated carbocycles. The molecule has 0 heterocycles. The summed E-state index contributed by atoms with van der Waals surface area (Å²) < 4.78 is 0. The Balaban J connectivity index is 2.52. The van der Waals surface area contributed by atoms with Gasteiger partial charge >= 0.3 is 0 Å². The lowest BCUT2D eigenvalue weighted by molar-refractivity contribution is -0.121. The van der Waals surface area contributed by atoms with E-state index in [9.17, 15) is 4.79 Å². The number of hydrogen-bond acceptors (Lipinski definition) is 2. The normalized spacial score (nSPS) is 12.2. The molecule has 1 amide bonds. The molecular formula is C14H22N2O. The van der Waals surface area contributed by atoms with Crippen LogP contribution in [0.1, 0.15) is 30.9 Å². The predicted octanol–water partition coefficient (Wildman–Crippen LogP) is 1.78. The molecule has 0 radical (unpaired) electrons. The number of rotatable bonds is 6. The Morgan fingerprint density at radius 1 is 1.41 bits per heavy atom. The van der Waals surface area contributed by atoms with Gasteiger partial charge in [0.2, 0.25) is 5.91 Å². The SMILES string of the molecule is CCCC(CN)NC(=O)Cc1ccccc1C. The van der Waals surface area contributed by atoms with E-state index in [-0.39, 0.29) is 11.9 Å². The number of nitrogens with one attached hydrogen (secondary N) is 1. The average Bonchev–Trinajstić information content (AvgIpc) is 2.31. The zero-order valence-corrected chi connectivity index (χ0v) is 10.7. The van der Waals surface area contributed by atoms with Gasteiger partial charge in [-0.3, -0.25) is 4.79 Å². The summed E-state index contributed by atoms with van der Waals surface area (Å²) in [6.07, 6.45) is 2.41. The Hall–Kier alpha value is -1.35. The molecule has 0 bridgehead atoms. The number of nitrogens with two attached hydrogens (primary N) is 1. The van der Waals surface area contributed by atoms with Crippen LogP contribution in [0.5, 0.6) is 0 Å². The number of amides is 1. The summed E-state index contributed by atoms with van der Waals surface area (Å²) in [5.41, 5.74) is 7.85. The topological polar surface area (TPSA) is 55.1 Å². The van der Waals surface area contributed by atoms with Crippen LogP contribution >= 0.6 is 0 Å². The number of benzene rings is 1. The molecule has 17 heavy (non-hydrogen) atoms. The molecule has 0 fully saturated rings. The molecule has 0 aromatic heterocycles. The summed E-state index contributed by atoms with van der Waals surface area (Å²) in [5.74, 6) is 0.0585. The van der Waals surface area contributed by atoms with Crippen LogP contribution < -0.4 is 11.1 Å². The molecule has 1 atom stereocenters. The van der Waals surface area contributed by atoms with Gasteiger partial charge in [0, 0.05) is 12.6 Å². The van der Waals surface area contributed by atoms with Gasteiger partial charge in [-0.25, -0.2) is 0 Å². The molecular weight excluding hydrogens is 212 g/mol. The molecule has 0 aliphatic carbocycles. The van der Waals surface area contributed by atoms with Crippen LogP contribution in [0, 0.1) is 6.92 Å². The quantitative estimate of drug-likeness (QED) is 0.788. The van der Waals surface area contributed by atoms with Gasteiger partial charge in [-0.1, -0.05) is 37.6 Å². The summed E-state index contributed by atoms with van der Waals surface area (Å²) in [4.78, 5) is 11.8. The van der Waals surface area contributed by atoms with Crippen molar-refractivity contribution in [3.8, 4) is 0 Å². The molecule has 3 heteroatoms. The van der Waals surface area contributed by atoms with Gasteiger partial charge in [0.1, 0.15) is 0 Å². The molecule has 3 nitrogen and oxygen atoms in total. The van der Waals surface area contributed by atoms with E-state index in [1.807, 2.05) is 31.2 Å². The Morgan fingerprint density at radius 2 is 2.12 bits per heavy atom. The van der Waals surface area contributed by atoms with Gasteiger partial charge in [-0.2, -0.15) is 0 Å². The minimum absolute atomic E-state index is 0.0585. The van der Waals surface area contributed by atoms with Crippen LogP contribution in [0.2, 0.25) is 0 Å². The van der Waals surface area contributed by atoms with Crippen molar-refractivity contribution in [3.05, 3.63) is 35.4 Å². The average molecular weight is 234 g/mol. The van der Waals surface area contributed by atoms with Crippen LogP contribution in [0.15, 0.2) is 24.3 Å². The number of carbonyl (C=O) groups excluding carboxylic acids is 1. The van der Waals surface area contributed by atoms with E-state index in [0.29, 0.717) is 13.0 Å². The lowest BCUT2D eigenvalue weighted by Gasteiger charge is -2.16. The van der Waals surface area contributed by atoms with E-state index in [1.54, 1.807) is 0 Å². The largest absolute Gasteiger partial charge is 0.352 e. The third-order valence-corrected chi connectivity index (χ3v) is 2.90.